The average Bonchev–Trinajstić information content (AvgIpc) is 4.02. The SMILES string of the molecule is CCCN(C)CCNc1cnc(N(Cc2cc(C(F)(F)F)cc(C(F)(F)F)c2)Cc2cc3cccc(C)c3nc2N(CC2CC2)CC2C[C@H]2C)nc1. The van der Waals surface area contributed by atoms with E-state index in [0.29, 0.717) is 30.0 Å². The van der Waals surface area contributed by atoms with Crippen LogP contribution in [0.4, 0.5) is 43.8 Å². The quantitative estimate of drug-likeness (QED) is 0.116. The Morgan fingerprint density at radius 3 is 2.13 bits per heavy atom. The van der Waals surface area contributed by atoms with Gasteiger partial charge in [-0.2, -0.15) is 26.3 Å². The maximum atomic E-state index is 13.9. The van der Waals surface area contributed by atoms with Gasteiger partial charge in [-0.3, -0.25) is 0 Å². The Morgan fingerprint density at radius 1 is 0.865 bits per heavy atom. The van der Waals surface area contributed by atoms with Gasteiger partial charge in [0.1, 0.15) is 5.82 Å². The maximum absolute atomic E-state index is 13.9. The van der Waals surface area contributed by atoms with Crippen LogP contribution in [0.15, 0.2) is 54.9 Å². The standard InChI is InChI=1S/C39H47F6N7/c1-5-12-50(4)13-11-46-34-19-47-37(48-20-34)52(22-28-15-32(38(40,41)42)18-33(16-28)39(43,44)45)24-31-17-29-8-6-7-25(2)35(29)49-36(31)51(21-27-9-10-27)23-30-14-26(30)3/h6-8,15-20,26-27,30,46H,5,9-14,21-24H2,1-4H3/t26-,30?/m1/s1. The van der Waals surface area contributed by atoms with Crippen LogP contribution in [0.5, 0.6) is 0 Å². The largest absolute Gasteiger partial charge is 0.416 e. The molecule has 2 aromatic heterocycles. The van der Waals surface area contributed by atoms with Gasteiger partial charge in [-0.05, 0) is 99.3 Å². The number of pyridine rings is 1. The molecule has 2 atom stereocenters. The van der Waals surface area contributed by atoms with Crippen LogP contribution in [0.1, 0.15) is 67.3 Å². The van der Waals surface area contributed by atoms with Crippen LogP contribution in [-0.2, 0) is 25.4 Å². The zero-order chi connectivity index (χ0) is 37.2. The minimum absolute atomic E-state index is 0.111. The molecule has 0 bridgehead atoms. The topological polar surface area (TPSA) is 60.4 Å². The Balaban J connectivity index is 1.40. The lowest BCUT2D eigenvalue weighted by atomic mass is 10.0. The lowest BCUT2D eigenvalue weighted by Gasteiger charge is -2.30. The second kappa shape index (κ2) is 15.5. The van der Waals surface area contributed by atoms with E-state index in [4.69, 9.17) is 4.98 Å². The van der Waals surface area contributed by atoms with E-state index >= 15 is 0 Å². The molecule has 0 amide bonds. The number of fused-ring (bicyclic) bond motifs is 1. The van der Waals surface area contributed by atoms with Crippen molar-refractivity contribution >= 4 is 28.4 Å². The normalized spacial score (nSPS) is 17.5. The zero-order valence-corrected chi connectivity index (χ0v) is 30.2. The second-order valence-electron chi connectivity index (χ2n) is 14.7. The summed E-state index contributed by atoms with van der Waals surface area (Å²) in [4.78, 5) is 20.6. The summed E-state index contributed by atoms with van der Waals surface area (Å²) < 4.78 is 83.5. The first-order valence-electron chi connectivity index (χ1n) is 18.1. The number of para-hydroxylation sites is 1. The molecular formula is C39H47F6N7. The fourth-order valence-corrected chi connectivity index (χ4v) is 6.76. The van der Waals surface area contributed by atoms with Crippen LogP contribution < -0.4 is 15.1 Å². The fraction of sp³-hybridized carbons (Fsp3) is 0.513. The Hall–Kier alpha value is -4.13. The summed E-state index contributed by atoms with van der Waals surface area (Å²) in [6.07, 6.45) is -2.28. The molecule has 6 rings (SSSR count). The van der Waals surface area contributed by atoms with Gasteiger partial charge in [0.05, 0.1) is 34.7 Å². The van der Waals surface area contributed by atoms with Gasteiger partial charge in [0, 0.05) is 50.2 Å². The molecule has 4 aromatic rings. The highest BCUT2D eigenvalue weighted by Gasteiger charge is 2.38. The first-order valence-corrected chi connectivity index (χ1v) is 18.1. The molecule has 1 N–H and O–H groups in total. The third kappa shape index (κ3) is 9.64. The number of likely N-dealkylation sites (N-methyl/N-ethyl adjacent to an activating group) is 1. The number of hydrogen-bond donors (Lipinski definition) is 1. The molecule has 280 valence electrons. The molecule has 2 fully saturated rings. The first-order chi connectivity index (χ1) is 24.7. The summed E-state index contributed by atoms with van der Waals surface area (Å²) in [5.41, 5.74) is 0.474. The second-order valence-corrected chi connectivity index (χ2v) is 14.7. The van der Waals surface area contributed by atoms with Gasteiger partial charge in [-0.25, -0.2) is 15.0 Å². The number of alkyl halides is 6. The van der Waals surface area contributed by atoms with Gasteiger partial charge in [-0.15, -0.1) is 0 Å². The van der Waals surface area contributed by atoms with E-state index in [1.54, 1.807) is 17.3 Å². The molecule has 0 radical (unpaired) electrons. The Bertz CT molecular complexity index is 1790. The number of hydrogen-bond acceptors (Lipinski definition) is 7. The van der Waals surface area contributed by atoms with Crippen LogP contribution in [0.25, 0.3) is 10.9 Å². The van der Waals surface area contributed by atoms with Crippen LogP contribution >= 0.6 is 0 Å². The highest BCUT2D eigenvalue weighted by molar-refractivity contribution is 5.84. The number of aryl methyl sites for hydroxylation is 1. The van der Waals surface area contributed by atoms with E-state index in [1.165, 1.54) is 0 Å². The van der Waals surface area contributed by atoms with Crippen molar-refractivity contribution in [3.63, 3.8) is 0 Å². The molecule has 2 aliphatic rings. The van der Waals surface area contributed by atoms with Crippen molar-refractivity contribution in [3.8, 4) is 0 Å². The molecule has 2 aromatic carbocycles. The van der Waals surface area contributed by atoms with Gasteiger partial charge in [0.25, 0.3) is 0 Å². The smallest absolute Gasteiger partial charge is 0.381 e. The monoisotopic (exact) mass is 727 g/mol. The molecule has 2 heterocycles. The predicted octanol–water partition coefficient (Wildman–Crippen LogP) is 9.20. The number of rotatable bonds is 16. The summed E-state index contributed by atoms with van der Waals surface area (Å²) in [6, 6.07) is 9.69. The van der Waals surface area contributed by atoms with Crippen LogP contribution in [0, 0.1) is 24.7 Å². The maximum Gasteiger partial charge on any atom is 0.416 e. The number of nitrogens with zero attached hydrogens (tertiary/aromatic N) is 6. The third-order valence-corrected chi connectivity index (χ3v) is 10.0. The Kier molecular flexibility index (Phi) is 11.2. The molecule has 2 aliphatic carbocycles. The number of nitrogens with one attached hydrogen (secondary N) is 1. The molecule has 1 unspecified atom stereocenters. The molecule has 52 heavy (non-hydrogen) atoms. The van der Waals surface area contributed by atoms with Crippen molar-refractivity contribution in [2.45, 2.75) is 71.9 Å². The highest BCUT2D eigenvalue weighted by Crippen LogP contribution is 2.42. The lowest BCUT2D eigenvalue weighted by molar-refractivity contribution is -0.143. The van der Waals surface area contributed by atoms with Crippen LogP contribution in [0.3, 0.4) is 0 Å². The van der Waals surface area contributed by atoms with Gasteiger partial charge < -0.3 is 20.0 Å². The van der Waals surface area contributed by atoms with E-state index in [0.717, 1.165) is 91.8 Å². The van der Waals surface area contributed by atoms with Gasteiger partial charge in [0.15, 0.2) is 0 Å². The first kappa shape index (κ1) is 37.6. The predicted molar refractivity (Wildman–Crippen MR) is 193 cm³/mol. The van der Waals surface area contributed by atoms with E-state index in [-0.39, 0.29) is 30.7 Å². The summed E-state index contributed by atoms with van der Waals surface area (Å²) in [5.74, 6) is 2.67. The minimum Gasteiger partial charge on any atom is -0.381 e. The third-order valence-electron chi connectivity index (χ3n) is 10.0. The van der Waals surface area contributed by atoms with E-state index in [9.17, 15) is 26.3 Å². The lowest BCUT2D eigenvalue weighted by Crippen LogP contribution is -2.32. The average molecular weight is 728 g/mol. The zero-order valence-electron chi connectivity index (χ0n) is 30.2. The molecular weight excluding hydrogens is 680 g/mol. The molecule has 0 saturated heterocycles. The highest BCUT2D eigenvalue weighted by atomic mass is 19.4. The fourth-order valence-electron chi connectivity index (χ4n) is 6.76. The Morgan fingerprint density at radius 2 is 1.54 bits per heavy atom. The number of benzene rings is 2. The summed E-state index contributed by atoms with van der Waals surface area (Å²) in [6.45, 7) is 10.3. The van der Waals surface area contributed by atoms with Crippen molar-refractivity contribution in [1.82, 2.24) is 19.9 Å². The molecule has 2 saturated carbocycles. The Labute approximate surface area is 301 Å². The van der Waals surface area contributed by atoms with Gasteiger partial charge >= 0.3 is 12.4 Å². The number of aromatic nitrogens is 3. The van der Waals surface area contributed by atoms with Gasteiger partial charge in [0.2, 0.25) is 5.95 Å². The molecule has 13 heteroatoms. The molecule has 0 aliphatic heterocycles. The van der Waals surface area contributed by atoms with Crippen molar-refractivity contribution in [3.05, 3.63) is 82.7 Å². The van der Waals surface area contributed by atoms with Crippen LogP contribution in [0.2, 0.25) is 0 Å². The molecule has 0 spiro atoms. The molecule has 7 nitrogen and oxygen atoms in total. The van der Waals surface area contributed by atoms with Crippen molar-refractivity contribution < 1.29 is 26.3 Å². The number of halogens is 6. The summed E-state index contributed by atoms with van der Waals surface area (Å²) in [5, 5.41) is 4.20. The van der Waals surface area contributed by atoms with E-state index in [2.05, 4.69) is 38.9 Å². The van der Waals surface area contributed by atoms with Crippen molar-refractivity contribution in [2.75, 3.05) is 54.9 Å². The summed E-state index contributed by atoms with van der Waals surface area (Å²) >= 11 is 0. The van der Waals surface area contributed by atoms with Gasteiger partial charge in [-0.1, -0.05) is 32.0 Å². The minimum atomic E-state index is -4.97. The van der Waals surface area contributed by atoms with Crippen molar-refractivity contribution in [1.29, 1.82) is 0 Å². The van der Waals surface area contributed by atoms with E-state index < -0.39 is 23.5 Å². The number of anilines is 3. The summed E-state index contributed by atoms with van der Waals surface area (Å²) in [7, 11) is 2.04. The van der Waals surface area contributed by atoms with E-state index in [1.807, 2.05) is 38.2 Å². The van der Waals surface area contributed by atoms with Crippen LogP contribution in [-0.4, -0.2) is 59.6 Å². The van der Waals surface area contributed by atoms with Crippen molar-refractivity contribution in [2.24, 2.45) is 17.8 Å².